The van der Waals surface area contributed by atoms with Gasteiger partial charge in [-0.2, -0.15) is 0 Å². The number of piperidine rings is 1. The maximum atomic E-state index is 12.5. The minimum Gasteiger partial charge on any atom is -0.457 e. The molecule has 1 aliphatic rings. The van der Waals surface area contributed by atoms with Crippen molar-refractivity contribution >= 4 is 17.4 Å². The molecule has 0 atom stereocenters. The van der Waals surface area contributed by atoms with E-state index in [0.29, 0.717) is 17.1 Å². The fourth-order valence-electron chi connectivity index (χ4n) is 3.28. The number of ether oxygens (including phenoxy) is 1. The van der Waals surface area contributed by atoms with Crippen LogP contribution in [-0.2, 0) is 0 Å². The smallest absolute Gasteiger partial charge is 0.276 e. The van der Waals surface area contributed by atoms with Crippen LogP contribution >= 0.6 is 0 Å². The third-order valence-corrected chi connectivity index (χ3v) is 5.08. The van der Waals surface area contributed by atoms with Gasteiger partial charge in [0.25, 0.3) is 5.91 Å². The first-order valence-corrected chi connectivity index (χ1v) is 9.90. The van der Waals surface area contributed by atoms with Crippen molar-refractivity contribution in [1.29, 1.82) is 0 Å². The van der Waals surface area contributed by atoms with Crippen LogP contribution in [0.15, 0.2) is 66.7 Å². The fourth-order valence-corrected chi connectivity index (χ4v) is 3.28. The molecule has 6 heteroatoms. The van der Waals surface area contributed by atoms with Gasteiger partial charge in [0, 0.05) is 18.8 Å². The second-order valence-corrected chi connectivity index (χ2v) is 7.34. The Morgan fingerprint density at radius 2 is 1.62 bits per heavy atom. The molecule has 1 fully saturated rings. The minimum atomic E-state index is -0.284. The third kappa shape index (κ3) is 4.90. The highest BCUT2D eigenvalue weighted by atomic mass is 16.5. The van der Waals surface area contributed by atoms with Gasteiger partial charge in [-0.1, -0.05) is 25.1 Å². The molecule has 2 heterocycles. The van der Waals surface area contributed by atoms with E-state index in [2.05, 4.69) is 27.3 Å². The highest BCUT2D eigenvalue weighted by Crippen LogP contribution is 2.23. The zero-order valence-corrected chi connectivity index (χ0v) is 16.4. The normalized spacial score (nSPS) is 14.4. The van der Waals surface area contributed by atoms with Gasteiger partial charge in [0.2, 0.25) is 0 Å². The van der Waals surface area contributed by atoms with Crippen molar-refractivity contribution in [3.8, 4) is 11.5 Å². The number of para-hydroxylation sites is 1. The summed E-state index contributed by atoms with van der Waals surface area (Å²) >= 11 is 0. The van der Waals surface area contributed by atoms with E-state index < -0.39 is 0 Å². The predicted molar refractivity (Wildman–Crippen MR) is 114 cm³/mol. The van der Waals surface area contributed by atoms with Crippen molar-refractivity contribution in [2.75, 3.05) is 23.3 Å². The minimum absolute atomic E-state index is 0.284. The molecule has 1 amide bonds. The van der Waals surface area contributed by atoms with Gasteiger partial charge in [0.1, 0.15) is 11.5 Å². The van der Waals surface area contributed by atoms with Gasteiger partial charge in [-0.05, 0) is 67.3 Å². The van der Waals surface area contributed by atoms with E-state index in [1.807, 2.05) is 48.5 Å². The maximum Gasteiger partial charge on any atom is 0.276 e. The van der Waals surface area contributed by atoms with Crippen LogP contribution in [-0.4, -0.2) is 29.2 Å². The van der Waals surface area contributed by atoms with E-state index in [0.717, 1.165) is 43.4 Å². The van der Waals surface area contributed by atoms with Gasteiger partial charge in [-0.15, -0.1) is 10.2 Å². The van der Waals surface area contributed by atoms with Crippen molar-refractivity contribution in [1.82, 2.24) is 10.2 Å². The first kappa shape index (κ1) is 18.9. The molecule has 0 radical (unpaired) electrons. The molecule has 6 nitrogen and oxygen atoms in total. The molecule has 1 aliphatic heterocycles. The molecule has 0 spiro atoms. The number of hydrogen-bond acceptors (Lipinski definition) is 5. The highest BCUT2D eigenvalue weighted by molar-refractivity contribution is 6.02. The molecule has 0 aliphatic carbocycles. The average molecular weight is 388 g/mol. The number of carbonyl (C=O) groups excluding carboxylic acids is 1. The van der Waals surface area contributed by atoms with Gasteiger partial charge < -0.3 is 15.0 Å². The molecular weight excluding hydrogens is 364 g/mol. The van der Waals surface area contributed by atoms with Crippen molar-refractivity contribution in [2.24, 2.45) is 5.92 Å². The summed E-state index contributed by atoms with van der Waals surface area (Å²) in [4.78, 5) is 14.7. The van der Waals surface area contributed by atoms with E-state index in [1.165, 1.54) is 0 Å². The molecule has 3 aromatic rings. The summed E-state index contributed by atoms with van der Waals surface area (Å²) in [7, 11) is 0. The lowest BCUT2D eigenvalue weighted by Gasteiger charge is -2.30. The molecule has 0 bridgehead atoms. The zero-order valence-electron chi connectivity index (χ0n) is 16.4. The summed E-state index contributed by atoms with van der Waals surface area (Å²) in [5.74, 6) is 2.77. The molecule has 0 unspecified atom stereocenters. The number of nitrogens with one attached hydrogen (secondary N) is 1. The molecule has 2 aromatic carbocycles. The zero-order chi connectivity index (χ0) is 20.1. The number of aromatic nitrogens is 2. The Morgan fingerprint density at radius 3 is 2.28 bits per heavy atom. The monoisotopic (exact) mass is 388 g/mol. The van der Waals surface area contributed by atoms with Crippen molar-refractivity contribution in [2.45, 2.75) is 19.8 Å². The van der Waals surface area contributed by atoms with Gasteiger partial charge in [-0.3, -0.25) is 4.79 Å². The summed E-state index contributed by atoms with van der Waals surface area (Å²) in [5.41, 5.74) is 0.968. The average Bonchev–Trinajstić information content (AvgIpc) is 2.76. The molecule has 0 saturated carbocycles. The van der Waals surface area contributed by atoms with Crippen LogP contribution in [0.25, 0.3) is 0 Å². The van der Waals surface area contributed by atoms with E-state index in [9.17, 15) is 4.79 Å². The molecule has 29 heavy (non-hydrogen) atoms. The number of nitrogens with zero attached hydrogens (tertiary/aromatic N) is 3. The van der Waals surface area contributed by atoms with Crippen LogP contribution in [0, 0.1) is 5.92 Å². The van der Waals surface area contributed by atoms with Gasteiger partial charge >= 0.3 is 0 Å². The highest BCUT2D eigenvalue weighted by Gasteiger charge is 2.18. The van der Waals surface area contributed by atoms with E-state index in [1.54, 1.807) is 18.2 Å². The lowest BCUT2D eigenvalue weighted by atomic mass is 9.99. The summed E-state index contributed by atoms with van der Waals surface area (Å²) in [6, 6.07) is 20.4. The molecule has 148 valence electrons. The fraction of sp³-hybridized carbons (Fsp3) is 0.261. The lowest BCUT2D eigenvalue weighted by Crippen LogP contribution is -2.33. The first-order chi connectivity index (χ1) is 14.2. The first-order valence-electron chi connectivity index (χ1n) is 9.90. The molecule has 1 saturated heterocycles. The van der Waals surface area contributed by atoms with Crippen molar-refractivity contribution in [3.05, 3.63) is 72.4 Å². The van der Waals surface area contributed by atoms with E-state index in [4.69, 9.17) is 4.74 Å². The number of anilines is 2. The topological polar surface area (TPSA) is 67.4 Å². The Labute approximate surface area is 170 Å². The van der Waals surface area contributed by atoms with Gasteiger partial charge in [0.15, 0.2) is 11.5 Å². The summed E-state index contributed by atoms with van der Waals surface area (Å²) in [5, 5.41) is 11.2. The van der Waals surface area contributed by atoms with E-state index in [-0.39, 0.29) is 5.91 Å². The number of amides is 1. The molecule has 4 rings (SSSR count). The second-order valence-electron chi connectivity index (χ2n) is 7.34. The number of carbonyl (C=O) groups is 1. The van der Waals surface area contributed by atoms with Crippen LogP contribution in [0.1, 0.15) is 30.3 Å². The second kappa shape index (κ2) is 8.73. The summed E-state index contributed by atoms with van der Waals surface area (Å²) < 4.78 is 5.76. The van der Waals surface area contributed by atoms with Crippen LogP contribution in [0.2, 0.25) is 0 Å². The van der Waals surface area contributed by atoms with Crippen LogP contribution in [0.3, 0.4) is 0 Å². The Hall–Kier alpha value is -3.41. The molecule has 1 N–H and O–H groups in total. The summed E-state index contributed by atoms with van der Waals surface area (Å²) in [6.07, 6.45) is 2.32. The van der Waals surface area contributed by atoms with E-state index >= 15 is 0 Å². The lowest BCUT2D eigenvalue weighted by molar-refractivity contribution is 0.102. The molecule has 1 aromatic heterocycles. The van der Waals surface area contributed by atoms with Gasteiger partial charge in [0.05, 0.1) is 0 Å². The quantitative estimate of drug-likeness (QED) is 0.683. The summed E-state index contributed by atoms with van der Waals surface area (Å²) in [6.45, 7) is 4.24. The van der Waals surface area contributed by atoms with Crippen LogP contribution < -0.4 is 15.0 Å². The SMILES string of the molecule is CC1CCN(c2ccc(C(=O)Nc3ccc(Oc4ccccc4)cc3)nn2)CC1. The predicted octanol–water partition coefficient (Wildman–Crippen LogP) is 4.76. The Morgan fingerprint density at radius 1 is 0.931 bits per heavy atom. The van der Waals surface area contributed by atoms with Crippen LogP contribution in [0.5, 0.6) is 11.5 Å². The number of benzene rings is 2. The maximum absolute atomic E-state index is 12.5. The Bertz CT molecular complexity index is 935. The third-order valence-electron chi connectivity index (χ3n) is 5.08. The number of rotatable bonds is 5. The van der Waals surface area contributed by atoms with Crippen LogP contribution in [0.4, 0.5) is 11.5 Å². The Balaban J connectivity index is 1.35. The molecular formula is C23H24N4O2. The largest absolute Gasteiger partial charge is 0.457 e. The number of hydrogen-bond donors (Lipinski definition) is 1. The van der Waals surface area contributed by atoms with Crippen molar-refractivity contribution < 1.29 is 9.53 Å². The van der Waals surface area contributed by atoms with Crippen molar-refractivity contribution in [3.63, 3.8) is 0 Å². The standard InChI is InChI=1S/C23H24N4O2/c1-17-13-15-27(16-14-17)22-12-11-21(25-26-22)23(28)24-18-7-9-20(10-8-18)29-19-5-3-2-4-6-19/h2-12,17H,13-16H2,1H3,(H,24,28). The van der Waals surface area contributed by atoms with Gasteiger partial charge in [-0.25, -0.2) is 0 Å². The Kier molecular flexibility index (Phi) is 5.70.